The Morgan fingerprint density at radius 2 is 1.79 bits per heavy atom. The molecule has 1 aromatic heterocycles. The van der Waals surface area contributed by atoms with Crippen molar-refractivity contribution in [3.05, 3.63) is 71.6 Å². The predicted molar refractivity (Wildman–Crippen MR) is 107 cm³/mol. The quantitative estimate of drug-likeness (QED) is 0.546. The summed E-state index contributed by atoms with van der Waals surface area (Å²) in [7, 11) is 0. The molecule has 0 amide bonds. The predicted octanol–water partition coefficient (Wildman–Crippen LogP) is 4.99. The molecular weight excluding hydrogens is 378 g/mol. The fourth-order valence-electron chi connectivity index (χ4n) is 3.51. The van der Waals surface area contributed by atoms with Gasteiger partial charge in [0.1, 0.15) is 11.6 Å². The van der Waals surface area contributed by atoms with Crippen LogP contribution in [-0.2, 0) is 6.54 Å². The lowest BCUT2D eigenvalue weighted by Crippen LogP contribution is -2.21. The zero-order chi connectivity index (χ0) is 19.5. The van der Waals surface area contributed by atoms with Crippen molar-refractivity contribution in [3.8, 4) is 5.69 Å². The van der Waals surface area contributed by atoms with Crippen molar-refractivity contribution in [1.29, 1.82) is 0 Å². The molecule has 1 fully saturated rings. The van der Waals surface area contributed by atoms with Crippen molar-refractivity contribution in [2.45, 2.75) is 36.7 Å². The lowest BCUT2D eigenvalue weighted by Gasteiger charge is -2.17. The van der Waals surface area contributed by atoms with Gasteiger partial charge in [-0.25, -0.2) is 8.78 Å². The van der Waals surface area contributed by atoms with Gasteiger partial charge in [-0.15, -0.1) is 10.2 Å². The first-order valence-electron chi connectivity index (χ1n) is 9.45. The van der Waals surface area contributed by atoms with Crippen LogP contribution >= 0.6 is 11.8 Å². The van der Waals surface area contributed by atoms with Crippen LogP contribution in [0.25, 0.3) is 5.69 Å². The van der Waals surface area contributed by atoms with E-state index < -0.39 is 11.6 Å². The van der Waals surface area contributed by atoms with Gasteiger partial charge in [0.2, 0.25) is 0 Å². The molecule has 1 aliphatic heterocycles. The summed E-state index contributed by atoms with van der Waals surface area (Å²) in [6.45, 7) is 4.77. The molecule has 0 N–H and O–H groups in total. The van der Waals surface area contributed by atoms with Crippen LogP contribution in [0, 0.1) is 11.6 Å². The summed E-state index contributed by atoms with van der Waals surface area (Å²) in [5, 5.41) is 9.31. The summed E-state index contributed by atoms with van der Waals surface area (Å²) in [5.74, 6) is -0.232. The lowest BCUT2D eigenvalue weighted by atomic mass is 10.1. The van der Waals surface area contributed by atoms with Gasteiger partial charge in [-0.1, -0.05) is 36.0 Å². The largest absolute Gasteiger partial charge is 0.296 e. The molecule has 0 bridgehead atoms. The Labute approximate surface area is 167 Å². The molecular formula is C21H22F2N4S. The molecule has 4 nitrogen and oxygen atoms in total. The number of thioether (sulfide) groups is 1. The highest BCUT2D eigenvalue weighted by atomic mass is 32.2. The number of hydrogen-bond acceptors (Lipinski definition) is 4. The molecule has 1 unspecified atom stereocenters. The molecule has 2 aromatic carbocycles. The van der Waals surface area contributed by atoms with E-state index in [1.54, 1.807) is 0 Å². The SMILES string of the molecule is CC(Sc1nnc(CN2CCCC2)n1-c1ccccc1)c1ccc(F)cc1F. The van der Waals surface area contributed by atoms with Crippen molar-refractivity contribution in [2.75, 3.05) is 13.1 Å². The number of benzene rings is 2. The maximum Gasteiger partial charge on any atom is 0.196 e. The molecule has 1 saturated heterocycles. The Balaban J connectivity index is 1.65. The van der Waals surface area contributed by atoms with Gasteiger partial charge >= 0.3 is 0 Å². The summed E-state index contributed by atoms with van der Waals surface area (Å²) >= 11 is 1.43. The second-order valence-corrected chi connectivity index (χ2v) is 8.29. The van der Waals surface area contributed by atoms with E-state index in [-0.39, 0.29) is 5.25 Å². The molecule has 146 valence electrons. The molecule has 7 heteroatoms. The highest BCUT2D eigenvalue weighted by Gasteiger charge is 2.22. The van der Waals surface area contributed by atoms with Gasteiger partial charge in [-0.05, 0) is 51.1 Å². The van der Waals surface area contributed by atoms with Crippen molar-refractivity contribution < 1.29 is 8.78 Å². The smallest absolute Gasteiger partial charge is 0.196 e. The first-order valence-corrected chi connectivity index (χ1v) is 10.3. The van der Waals surface area contributed by atoms with E-state index in [1.807, 2.05) is 41.8 Å². The van der Waals surface area contributed by atoms with Crippen molar-refractivity contribution in [3.63, 3.8) is 0 Å². The molecule has 2 heterocycles. The third-order valence-corrected chi connectivity index (χ3v) is 6.04. The maximum atomic E-state index is 14.2. The third kappa shape index (κ3) is 4.10. The number of aromatic nitrogens is 3. The Morgan fingerprint density at radius 1 is 1.04 bits per heavy atom. The topological polar surface area (TPSA) is 34.0 Å². The normalized spacial score (nSPS) is 15.8. The Hall–Kier alpha value is -2.25. The second kappa shape index (κ2) is 8.41. The number of para-hydroxylation sites is 1. The van der Waals surface area contributed by atoms with E-state index in [0.29, 0.717) is 10.7 Å². The number of nitrogens with zero attached hydrogens (tertiary/aromatic N) is 4. The fourth-order valence-corrected chi connectivity index (χ4v) is 4.55. The summed E-state index contributed by atoms with van der Waals surface area (Å²) < 4.78 is 29.5. The zero-order valence-electron chi connectivity index (χ0n) is 15.7. The molecule has 28 heavy (non-hydrogen) atoms. The van der Waals surface area contributed by atoms with Gasteiger partial charge in [0.05, 0.1) is 6.54 Å². The number of rotatable bonds is 6. The van der Waals surface area contributed by atoms with Gasteiger partial charge in [-0.2, -0.15) is 0 Å². The number of halogens is 2. The summed E-state index contributed by atoms with van der Waals surface area (Å²) in [4.78, 5) is 2.38. The van der Waals surface area contributed by atoms with E-state index in [1.165, 1.54) is 36.7 Å². The summed E-state index contributed by atoms with van der Waals surface area (Å²) in [6, 6.07) is 13.7. The van der Waals surface area contributed by atoms with Crippen molar-refractivity contribution in [2.24, 2.45) is 0 Å². The van der Waals surface area contributed by atoms with Crippen LogP contribution < -0.4 is 0 Å². The van der Waals surface area contributed by atoms with Crippen LogP contribution in [0.5, 0.6) is 0 Å². The van der Waals surface area contributed by atoms with E-state index in [2.05, 4.69) is 15.1 Å². The van der Waals surface area contributed by atoms with E-state index >= 15 is 0 Å². The summed E-state index contributed by atoms with van der Waals surface area (Å²) in [5.41, 5.74) is 1.44. The first kappa shape index (κ1) is 19.1. The highest BCUT2D eigenvalue weighted by molar-refractivity contribution is 7.99. The van der Waals surface area contributed by atoms with Crippen LogP contribution in [0.3, 0.4) is 0 Å². The summed E-state index contributed by atoms with van der Waals surface area (Å²) in [6.07, 6.45) is 2.42. The Kier molecular flexibility index (Phi) is 5.73. The van der Waals surface area contributed by atoms with Crippen LogP contribution in [0.2, 0.25) is 0 Å². The van der Waals surface area contributed by atoms with E-state index in [4.69, 9.17) is 0 Å². The molecule has 0 aliphatic carbocycles. The molecule has 1 atom stereocenters. The standard InChI is InChI=1S/C21H22F2N4S/c1-15(18-10-9-16(22)13-19(18)23)28-21-25-24-20(14-26-11-5-6-12-26)27(21)17-7-3-2-4-8-17/h2-4,7-10,13,15H,5-6,11-12,14H2,1H3. The van der Waals surface area contributed by atoms with Crippen LogP contribution in [-0.4, -0.2) is 32.8 Å². The molecule has 4 rings (SSSR count). The number of likely N-dealkylation sites (tertiary alicyclic amines) is 1. The van der Waals surface area contributed by atoms with Gasteiger partial charge in [0.15, 0.2) is 11.0 Å². The molecule has 0 saturated carbocycles. The van der Waals surface area contributed by atoms with Gasteiger partial charge in [0, 0.05) is 22.6 Å². The van der Waals surface area contributed by atoms with Crippen molar-refractivity contribution >= 4 is 11.8 Å². The Morgan fingerprint density at radius 3 is 2.50 bits per heavy atom. The first-order chi connectivity index (χ1) is 13.6. The Bertz CT molecular complexity index is 939. The average molecular weight is 400 g/mol. The zero-order valence-corrected chi connectivity index (χ0v) is 16.5. The van der Waals surface area contributed by atoms with Gasteiger partial charge in [-0.3, -0.25) is 9.47 Å². The van der Waals surface area contributed by atoms with Crippen molar-refractivity contribution in [1.82, 2.24) is 19.7 Å². The maximum absolute atomic E-state index is 14.2. The van der Waals surface area contributed by atoms with Gasteiger partial charge < -0.3 is 0 Å². The minimum Gasteiger partial charge on any atom is -0.296 e. The minimum atomic E-state index is -0.571. The van der Waals surface area contributed by atoms with Crippen LogP contribution in [0.15, 0.2) is 53.7 Å². The second-order valence-electron chi connectivity index (χ2n) is 6.98. The van der Waals surface area contributed by atoms with E-state index in [0.717, 1.165) is 37.2 Å². The lowest BCUT2D eigenvalue weighted by molar-refractivity contribution is 0.319. The van der Waals surface area contributed by atoms with Crippen LogP contribution in [0.1, 0.15) is 36.4 Å². The number of hydrogen-bond donors (Lipinski definition) is 0. The molecule has 0 radical (unpaired) electrons. The fraction of sp³-hybridized carbons (Fsp3) is 0.333. The molecule has 3 aromatic rings. The minimum absolute atomic E-state index is 0.230. The highest BCUT2D eigenvalue weighted by Crippen LogP contribution is 2.36. The van der Waals surface area contributed by atoms with Crippen LogP contribution in [0.4, 0.5) is 8.78 Å². The third-order valence-electron chi connectivity index (χ3n) is 4.96. The monoisotopic (exact) mass is 400 g/mol. The van der Waals surface area contributed by atoms with Gasteiger partial charge in [0.25, 0.3) is 0 Å². The average Bonchev–Trinajstić information content (AvgIpc) is 3.33. The molecule has 1 aliphatic rings. The van der Waals surface area contributed by atoms with E-state index in [9.17, 15) is 8.78 Å². The molecule has 0 spiro atoms.